The Labute approximate surface area is 197 Å². The summed E-state index contributed by atoms with van der Waals surface area (Å²) < 4.78 is 17.2. The Morgan fingerprint density at radius 2 is 1.73 bits per heavy atom. The second kappa shape index (κ2) is 10.9. The zero-order valence-electron chi connectivity index (χ0n) is 20.3. The molecule has 3 aromatic rings. The maximum atomic E-state index is 6.31. The predicted molar refractivity (Wildman–Crippen MR) is 131 cm³/mol. The molecule has 6 nitrogen and oxygen atoms in total. The fraction of sp³-hybridized carbons (Fsp3) is 0.444. The molecule has 176 valence electrons. The van der Waals surface area contributed by atoms with Crippen LogP contribution in [0.3, 0.4) is 0 Å². The molecule has 0 N–H and O–H groups in total. The highest BCUT2D eigenvalue weighted by Gasteiger charge is 2.18. The summed E-state index contributed by atoms with van der Waals surface area (Å²) in [5, 5.41) is 4.06. The van der Waals surface area contributed by atoms with Crippen LogP contribution in [-0.2, 0) is 13.0 Å². The van der Waals surface area contributed by atoms with E-state index in [1.807, 2.05) is 26.0 Å². The minimum atomic E-state index is 0.591. The Morgan fingerprint density at radius 1 is 0.970 bits per heavy atom. The number of benzene rings is 2. The molecule has 0 bridgehead atoms. The molecular weight excluding hydrogens is 414 g/mol. The molecule has 1 fully saturated rings. The van der Waals surface area contributed by atoms with Gasteiger partial charge in [-0.1, -0.05) is 36.3 Å². The smallest absolute Gasteiger partial charge is 0.137 e. The predicted octanol–water partition coefficient (Wildman–Crippen LogP) is 4.73. The molecule has 4 rings (SSSR count). The molecule has 1 aliphatic heterocycles. The van der Waals surface area contributed by atoms with Crippen LogP contribution in [0.2, 0.25) is 0 Å². The van der Waals surface area contributed by atoms with Crippen LogP contribution in [0.1, 0.15) is 29.5 Å². The van der Waals surface area contributed by atoms with Gasteiger partial charge in [0.25, 0.3) is 0 Å². The van der Waals surface area contributed by atoms with Crippen LogP contribution in [0, 0.1) is 13.8 Å². The van der Waals surface area contributed by atoms with Gasteiger partial charge in [-0.2, -0.15) is 0 Å². The van der Waals surface area contributed by atoms with Gasteiger partial charge in [0.2, 0.25) is 0 Å². The van der Waals surface area contributed by atoms with E-state index in [2.05, 4.69) is 52.2 Å². The summed E-state index contributed by atoms with van der Waals surface area (Å²) in [6.07, 6.45) is 0.782. The van der Waals surface area contributed by atoms with Crippen LogP contribution in [-0.4, -0.2) is 61.4 Å². The highest BCUT2D eigenvalue weighted by molar-refractivity contribution is 5.71. The van der Waals surface area contributed by atoms with Gasteiger partial charge in [0, 0.05) is 55.8 Å². The average Bonchev–Trinajstić information content (AvgIpc) is 3.17. The summed E-state index contributed by atoms with van der Waals surface area (Å²) in [7, 11) is 1.72. The molecule has 0 aliphatic carbocycles. The summed E-state index contributed by atoms with van der Waals surface area (Å²) in [6.45, 7) is 13.1. The number of rotatable bonds is 9. The maximum Gasteiger partial charge on any atom is 0.137 e. The average molecular weight is 450 g/mol. The standard InChI is InChI=1S/C27H35N3O3/c1-5-29-13-15-30(16-14-29)19-23-18-22(25-8-6-7-9-27(25)31-4)10-11-26(23)32-17-12-24-20(2)28-33-21(24)3/h6-11,18H,5,12-17,19H2,1-4H3. The molecule has 0 spiro atoms. The molecule has 2 aromatic carbocycles. The zero-order valence-corrected chi connectivity index (χ0v) is 20.3. The molecule has 2 heterocycles. The van der Waals surface area contributed by atoms with E-state index in [-0.39, 0.29) is 0 Å². The summed E-state index contributed by atoms with van der Waals surface area (Å²) in [5.74, 6) is 2.70. The minimum absolute atomic E-state index is 0.591. The van der Waals surface area contributed by atoms with Gasteiger partial charge in [-0.15, -0.1) is 0 Å². The summed E-state index contributed by atoms with van der Waals surface area (Å²) >= 11 is 0. The number of hydrogen-bond acceptors (Lipinski definition) is 6. The van der Waals surface area contributed by atoms with E-state index in [1.165, 1.54) is 5.56 Å². The number of aryl methyl sites for hydroxylation is 2. The monoisotopic (exact) mass is 449 g/mol. The summed E-state index contributed by atoms with van der Waals surface area (Å²) in [6, 6.07) is 14.7. The highest BCUT2D eigenvalue weighted by Crippen LogP contribution is 2.33. The van der Waals surface area contributed by atoms with Gasteiger partial charge in [-0.25, -0.2) is 0 Å². The Balaban J connectivity index is 1.55. The SMILES string of the molecule is CCN1CCN(Cc2cc(-c3ccccc3OC)ccc2OCCc2c(C)noc2C)CC1. The lowest BCUT2D eigenvalue weighted by Gasteiger charge is -2.34. The zero-order chi connectivity index (χ0) is 23.2. The van der Waals surface area contributed by atoms with Crippen molar-refractivity contribution in [2.24, 2.45) is 0 Å². The van der Waals surface area contributed by atoms with Gasteiger partial charge < -0.3 is 18.9 Å². The molecular formula is C27H35N3O3. The lowest BCUT2D eigenvalue weighted by Crippen LogP contribution is -2.45. The first-order chi connectivity index (χ1) is 16.1. The lowest BCUT2D eigenvalue weighted by atomic mass is 10.0. The van der Waals surface area contributed by atoms with Crippen LogP contribution in [0.4, 0.5) is 0 Å². The molecule has 1 saturated heterocycles. The van der Waals surface area contributed by atoms with Gasteiger partial charge >= 0.3 is 0 Å². The Kier molecular flexibility index (Phi) is 7.68. The molecule has 1 aliphatic rings. The van der Waals surface area contributed by atoms with E-state index in [0.717, 1.165) is 85.3 Å². The van der Waals surface area contributed by atoms with Gasteiger partial charge in [-0.3, -0.25) is 4.90 Å². The van der Waals surface area contributed by atoms with Crippen LogP contribution < -0.4 is 9.47 Å². The van der Waals surface area contributed by atoms with Gasteiger partial charge in [0.05, 0.1) is 19.4 Å². The van der Waals surface area contributed by atoms with E-state index in [4.69, 9.17) is 14.0 Å². The third-order valence-electron chi connectivity index (χ3n) is 6.58. The van der Waals surface area contributed by atoms with Crippen LogP contribution in [0.5, 0.6) is 11.5 Å². The first kappa shape index (κ1) is 23.3. The van der Waals surface area contributed by atoms with Crippen LogP contribution in [0.15, 0.2) is 47.0 Å². The highest BCUT2D eigenvalue weighted by atomic mass is 16.5. The molecule has 6 heteroatoms. The van der Waals surface area contributed by atoms with E-state index >= 15 is 0 Å². The van der Waals surface area contributed by atoms with Gasteiger partial charge in [-0.05, 0) is 44.2 Å². The number of nitrogens with zero attached hydrogens (tertiary/aromatic N) is 3. The van der Waals surface area contributed by atoms with Crippen molar-refractivity contribution in [3.8, 4) is 22.6 Å². The first-order valence-electron chi connectivity index (χ1n) is 11.8. The van der Waals surface area contributed by atoms with Crippen molar-refractivity contribution in [3.05, 3.63) is 65.0 Å². The van der Waals surface area contributed by atoms with E-state index in [1.54, 1.807) is 7.11 Å². The molecule has 33 heavy (non-hydrogen) atoms. The fourth-order valence-electron chi connectivity index (χ4n) is 4.52. The van der Waals surface area contributed by atoms with Gasteiger partial charge in [0.1, 0.15) is 17.3 Å². The number of likely N-dealkylation sites (N-methyl/N-ethyl adjacent to an activating group) is 1. The quantitative estimate of drug-likeness (QED) is 0.471. The second-order valence-corrected chi connectivity index (χ2v) is 8.63. The largest absolute Gasteiger partial charge is 0.496 e. The Bertz CT molecular complexity index is 1040. The first-order valence-corrected chi connectivity index (χ1v) is 11.8. The number of hydrogen-bond donors (Lipinski definition) is 0. The summed E-state index contributed by atoms with van der Waals surface area (Å²) in [4.78, 5) is 5.03. The van der Waals surface area contributed by atoms with Crippen LogP contribution in [0.25, 0.3) is 11.1 Å². The Morgan fingerprint density at radius 3 is 2.42 bits per heavy atom. The maximum absolute atomic E-state index is 6.31. The van der Waals surface area contributed by atoms with Crippen LogP contribution >= 0.6 is 0 Å². The lowest BCUT2D eigenvalue weighted by molar-refractivity contribution is 0.130. The number of piperazine rings is 1. The Hall–Kier alpha value is -2.83. The number of methoxy groups -OCH3 is 1. The van der Waals surface area contributed by atoms with Gasteiger partial charge in [0.15, 0.2) is 0 Å². The molecule has 0 atom stereocenters. The fourth-order valence-corrected chi connectivity index (χ4v) is 4.52. The molecule has 1 aromatic heterocycles. The van der Waals surface area contributed by atoms with E-state index in [0.29, 0.717) is 6.61 Å². The van der Waals surface area contributed by atoms with Crippen molar-refractivity contribution in [2.45, 2.75) is 33.7 Å². The van der Waals surface area contributed by atoms with E-state index < -0.39 is 0 Å². The molecule has 0 saturated carbocycles. The summed E-state index contributed by atoms with van der Waals surface area (Å²) in [5.41, 5.74) is 5.53. The van der Waals surface area contributed by atoms with Crippen molar-refractivity contribution >= 4 is 0 Å². The molecule has 0 amide bonds. The van der Waals surface area contributed by atoms with Crippen molar-refractivity contribution < 1.29 is 14.0 Å². The van der Waals surface area contributed by atoms with Crippen molar-refractivity contribution in [1.82, 2.24) is 15.0 Å². The minimum Gasteiger partial charge on any atom is -0.496 e. The molecule has 0 radical (unpaired) electrons. The topological polar surface area (TPSA) is 51.0 Å². The number of para-hydroxylation sites is 1. The number of aromatic nitrogens is 1. The third kappa shape index (κ3) is 5.57. The van der Waals surface area contributed by atoms with Crippen molar-refractivity contribution in [1.29, 1.82) is 0 Å². The third-order valence-corrected chi connectivity index (χ3v) is 6.58. The van der Waals surface area contributed by atoms with Crippen molar-refractivity contribution in [3.63, 3.8) is 0 Å². The molecule has 0 unspecified atom stereocenters. The van der Waals surface area contributed by atoms with Crippen molar-refractivity contribution in [2.75, 3.05) is 46.4 Å². The second-order valence-electron chi connectivity index (χ2n) is 8.63. The van der Waals surface area contributed by atoms with E-state index in [9.17, 15) is 0 Å². The number of ether oxygens (including phenoxy) is 2. The normalized spacial score (nSPS) is 15.0.